The maximum absolute atomic E-state index is 10.4. The summed E-state index contributed by atoms with van der Waals surface area (Å²) in [5, 5.41) is 12.5. The third-order valence-corrected chi connectivity index (χ3v) is 3.10. The molecule has 0 radical (unpaired) electrons. The van der Waals surface area contributed by atoms with Crippen molar-refractivity contribution in [3.63, 3.8) is 0 Å². The van der Waals surface area contributed by atoms with E-state index in [1.165, 1.54) is 6.42 Å². The Labute approximate surface area is 93.9 Å². The number of carbonyl (C=O) groups is 1. The highest BCUT2D eigenvalue weighted by atomic mass is 16.5. The minimum Gasteiger partial charge on any atom is -0.481 e. The maximum atomic E-state index is 10.4. The Kier molecular flexibility index (Phi) is 3.22. The highest BCUT2D eigenvalue weighted by Gasteiger charge is 2.26. The molecule has 2 unspecified atom stereocenters. The van der Waals surface area contributed by atoms with Gasteiger partial charge in [0.1, 0.15) is 0 Å². The number of hydrogen-bond acceptors (Lipinski definition) is 4. The first-order valence-corrected chi connectivity index (χ1v) is 5.69. The molecule has 2 rings (SSSR count). The summed E-state index contributed by atoms with van der Waals surface area (Å²) in [5.74, 6) is 1.49. The van der Waals surface area contributed by atoms with Crippen LogP contribution in [0.2, 0.25) is 0 Å². The zero-order valence-corrected chi connectivity index (χ0v) is 9.35. The lowest BCUT2D eigenvalue weighted by Gasteiger charge is -2.01. The third-order valence-electron chi connectivity index (χ3n) is 3.10. The Morgan fingerprint density at radius 2 is 2.38 bits per heavy atom. The van der Waals surface area contributed by atoms with Crippen molar-refractivity contribution in [2.24, 2.45) is 5.92 Å². The molecule has 0 aliphatic heterocycles. The van der Waals surface area contributed by atoms with Crippen LogP contribution in [0.3, 0.4) is 0 Å². The smallest absolute Gasteiger partial charge is 0.303 e. The van der Waals surface area contributed by atoms with Crippen LogP contribution >= 0.6 is 0 Å². The highest BCUT2D eigenvalue weighted by Crippen LogP contribution is 2.36. The minimum absolute atomic E-state index is 0.0443. The molecule has 5 nitrogen and oxygen atoms in total. The number of aryl methyl sites for hydroxylation is 1. The highest BCUT2D eigenvalue weighted by molar-refractivity contribution is 5.66. The van der Waals surface area contributed by atoms with E-state index in [2.05, 4.69) is 17.1 Å². The van der Waals surface area contributed by atoms with Gasteiger partial charge >= 0.3 is 5.97 Å². The molecule has 2 atom stereocenters. The summed E-state index contributed by atoms with van der Waals surface area (Å²) in [4.78, 5) is 14.6. The largest absolute Gasteiger partial charge is 0.481 e. The monoisotopic (exact) mass is 224 g/mol. The summed E-state index contributed by atoms with van der Waals surface area (Å²) >= 11 is 0. The predicted molar refractivity (Wildman–Crippen MR) is 56.0 cm³/mol. The van der Waals surface area contributed by atoms with Gasteiger partial charge in [-0.1, -0.05) is 12.1 Å². The van der Waals surface area contributed by atoms with Crippen LogP contribution in [0.1, 0.15) is 50.2 Å². The minimum atomic E-state index is -0.839. The van der Waals surface area contributed by atoms with Crippen molar-refractivity contribution in [2.45, 2.75) is 44.9 Å². The molecule has 0 spiro atoms. The van der Waals surface area contributed by atoms with Crippen LogP contribution in [0.25, 0.3) is 0 Å². The number of carboxylic acid groups (broad SMARTS) is 1. The Morgan fingerprint density at radius 1 is 1.56 bits per heavy atom. The zero-order valence-electron chi connectivity index (χ0n) is 9.35. The van der Waals surface area contributed by atoms with Crippen LogP contribution in [-0.4, -0.2) is 21.2 Å². The first kappa shape index (κ1) is 11.1. The fourth-order valence-electron chi connectivity index (χ4n) is 2.19. The van der Waals surface area contributed by atoms with Crippen LogP contribution in [-0.2, 0) is 11.2 Å². The molecule has 1 N–H and O–H groups in total. The van der Waals surface area contributed by atoms with Gasteiger partial charge in [-0.25, -0.2) is 0 Å². The van der Waals surface area contributed by atoms with Crippen LogP contribution in [0, 0.1) is 5.92 Å². The SMILES string of the molecule is CC1CCC(c2noc(CCC(=O)O)n2)C1. The van der Waals surface area contributed by atoms with Crippen LogP contribution in [0.5, 0.6) is 0 Å². The first-order valence-electron chi connectivity index (χ1n) is 5.69. The Balaban J connectivity index is 1.94. The van der Waals surface area contributed by atoms with Gasteiger partial charge in [0, 0.05) is 12.3 Å². The van der Waals surface area contributed by atoms with Gasteiger partial charge in [0.2, 0.25) is 5.89 Å². The number of hydrogen-bond donors (Lipinski definition) is 1. The topological polar surface area (TPSA) is 76.2 Å². The second-order valence-corrected chi connectivity index (χ2v) is 4.56. The fourth-order valence-corrected chi connectivity index (χ4v) is 2.19. The van der Waals surface area contributed by atoms with Gasteiger partial charge in [0.15, 0.2) is 5.82 Å². The van der Waals surface area contributed by atoms with Crippen molar-refractivity contribution >= 4 is 5.97 Å². The third kappa shape index (κ3) is 2.59. The quantitative estimate of drug-likeness (QED) is 0.846. The maximum Gasteiger partial charge on any atom is 0.303 e. The van der Waals surface area contributed by atoms with Gasteiger partial charge in [-0.15, -0.1) is 0 Å². The average molecular weight is 224 g/mol. The van der Waals surface area contributed by atoms with Crippen LogP contribution in [0.4, 0.5) is 0 Å². The van der Waals surface area contributed by atoms with E-state index >= 15 is 0 Å². The molecule has 0 aromatic carbocycles. The molecule has 1 saturated carbocycles. The van der Waals surface area contributed by atoms with E-state index in [1.54, 1.807) is 0 Å². The zero-order chi connectivity index (χ0) is 11.5. The van der Waals surface area contributed by atoms with Gasteiger partial charge in [0.05, 0.1) is 6.42 Å². The molecule has 1 aromatic rings. The standard InChI is InChI=1S/C11H16N2O3/c1-7-2-3-8(6-7)11-12-9(16-13-11)4-5-10(14)15/h7-8H,2-6H2,1H3,(H,14,15). The molecule has 1 aliphatic rings. The lowest BCUT2D eigenvalue weighted by atomic mass is 10.1. The van der Waals surface area contributed by atoms with Gasteiger partial charge in [-0.3, -0.25) is 4.79 Å². The fraction of sp³-hybridized carbons (Fsp3) is 0.727. The van der Waals surface area contributed by atoms with Gasteiger partial charge in [0.25, 0.3) is 0 Å². The molecule has 1 heterocycles. The van der Waals surface area contributed by atoms with E-state index in [0.717, 1.165) is 24.6 Å². The molecule has 0 amide bonds. The van der Waals surface area contributed by atoms with Crippen molar-refractivity contribution in [3.05, 3.63) is 11.7 Å². The van der Waals surface area contributed by atoms with E-state index in [0.29, 0.717) is 18.2 Å². The van der Waals surface area contributed by atoms with Crippen LogP contribution in [0.15, 0.2) is 4.52 Å². The van der Waals surface area contributed by atoms with Gasteiger partial charge in [-0.05, 0) is 25.2 Å². The van der Waals surface area contributed by atoms with Crippen molar-refractivity contribution in [3.8, 4) is 0 Å². The molecule has 5 heteroatoms. The van der Waals surface area contributed by atoms with Crippen molar-refractivity contribution < 1.29 is 14.4 Å². The number of carboxylic acids is 1. The molecular weight excluding hydrogens is 208 g/mol. The normalized spacial score (nSPS) is 24.8. The number of aromatic nitrogens is 2. The van der Waals surface area contributed by atoms with Crippen molar-refractivity contribution in [1.29, 1.82) is 0 Å². The van der Waals surface area contributed by atoms with Gasteiger partial charge in [-0.2, -0.15) is 4.98 Å². The summed E-state index contributed by atoms with van der Waals surface area (Å²) in [5.41, 5.74) is 0. The Bertz CT molecular complexity index is 375. The second-order valence-electron chi connectivity index (χ2n) is 4.56. The van der Waals surface area contributed by atoms with E-state index < -0.39 is 5.97 Å². The summed E-state index contributed by atoms with van der Waals surface area (Å²) < 4.78 is 5.04. The molecular formula is C11H16N2O3. The number of rotatable bonds is 4. The Hall–Kier alpha value is -1.39. The molecule has 16 heavy (non-hydrogen) atoms. The molecule has 0 saturated heterocycles. The van der Waals surface area contributed by atoms with Crippen molar-refractivity contribution in [1.82, 2.24) is 10.1 Å². The summed E-state index contributed by atoms with van der Waals surface area (Å²) in [7, 11) is 0. The lowest BCUT2D eigenvalue weighted by Crippen LogP contribution is -1.99. The van der Waals surface area contributed by atoms with Crippen molar-refractivity contribution in [2.75, 3.05) is 0 Å². The molecule has 1 aliphatic carbocycles. The number of nitrogens with zero attached hydrogens (tertiary/aromatic N) is 2. The molecule has 0 bridgehead atoms. The summed E-state index contributed by atoms with van der Waals surface area (Å²) in [6.45, 7) is 2.23. The van der Waals surface area contributed by atoms with E-state index in [-0.39, 0.29) is 6.42 Å². The summed E-state index contributed by atoms with van der Waals surface area (Å²) in [6.07, 6.45) is 3.80. The molecule has 88 valence electrons. The first-order chi connectivity index (χ1) is 7.65. The van der Waals surface area contributed by atoms with E-state index in [1.807, 2.05) is 0 Å². The summed E-state index contributed by atoms with van der Waals surface area (Å²) in [6, 6.07) is 0. The predicted octanol–water partition coefficient (Wildman–Crippen LogP) is 1.99. The molecule has 1 aromatic heterocycles. The van der Waals surface area contributed by atoms with E-state index in [9.17, 15) is 4.79 Å². The second kappa shape index (κ2) is 4.63. The van der Waals surface area contributed by atoms with E-state index in [4.69, 9.17) is 9.63 Å². The molecule has 1 fully saturated rings. The van der Waals surface area contributed by atoms with Gasteiger partial charge < -0.3 is 9.63 Å². The van der Waals surface area contributed by atoms with Crippen LogP contribution < -0.4 is 0 Å². The average Bonchev–Trinajstić information content (AvgIpc) is 2.83. The lowest BCUT2D eigenvalue weighted by molar-refractivity contribution is -0.137. The number of aliphatic carboxylic acids is 1. The Morgan fingerprint density at radius 3 is 3.00 bits per heavy atom.